The average Bonchev–Trinajstić information content (AvgIpc) is 3.13. The van der Waals surface area contributed by atoms with Gasteiger partial charge in [-0.05, 0) is 18.2 Å². The molecule has 1 saturated heterocycles. The van der Waals surface area contributed by atoms with Crippen molar-refractivity contribution in [3.05, 3.63) is 48.2 Å². The lowest BCUT2D eigenvalue weighted by Gasteiger charge is -2.27. The normalized spacial score (nSPS) is 14.2. The number of nitrogens with two attached hydrogens (primary N) is 1. The van der Waals surface area contributed by atoms with E-state index >= 15 is 0 Å². The van der Waals surface area contributed by atoms with Crippen molar-refractivity contribution in [2.24, 2.45) is 5.73 Å². The highest BCUT2D eigenvalue weighted by atomic mass is 19.1. The fourth-order valence-corrected chi connectivity index (χ4v) is 3.24. The van der Waals surface area contributed by atoms with Crippen molar-refractivity contribution < 1.29 is 18.7 Å². The smallest absolute Gasteiger partial charge is 0.252 e. The molecular weight excluding hydrogens is 379 g/mol. The highest BCUT2D eigenvalue weighted by molar-refractivity contribution is 6.00. The molecule has 0 radical (unpaired) electrons. The van der Waals surface area contributed by atoms with Gasteiger partial charge in [0, 0.05) is 30.9 Å². The Bertz CT molecular complexity index is 1080. The van der Waals surface area contributed by atoms with E-state index in [4.69, 9.17) is 10.5 Å². The van der Waals surface area contributed by atoms with Crippen molar-refractivity contribution in [1.82, 2.24) is 19.4 Å². The van der Waals surface area contributed by atoms with E-state index < -0.39 is 11.7 Å². The number of pyridine rings is 2. The van der Waals surface area contributed by atoms with Crippen LogP contribution in [0.5, 0.6) is 0 Å². The number of halogens is 1. The molecule has 0 bridgehead atoms. The quantitative estimate of drug-likeness (QED) is 0.669. The SMILES string of the molecule is NC(=O)c1cc(F)cnc1Nc1ccnc2c1ccn2CC(=O)N1CCOCC1. The van der Waals surface area contributed by atoms with Crippen LogP contribution in [0.15, 0.2) is 36.8 Å². The van der Waals surface area contributed by atoms with Crippen molar-refractivity contribution in [3.8, 4) is 0 Å². The molecule has 0 spiro atoms. The number of carbonyl (C=O) groups excluding carboxylic acids is 2. The largest absolute Gasteiger partial charge is 0.378 e. The summed E-state index contributed by atoms with van der Waals surface area (Å²) in [4.78, 5) is 34.2. The minimum atomic E-state index is -0.793. The third-order valence-corrected chi connectivity index (χ3v) is 4.70. The zero-order valence-electron chi connectivity index (χ0n) is 15.5. The van der Waals surface area contributed by atoms with Gasteiger partial charge in [-0.25, -0.2) is 14.4 Å². The second-order valence-electron chi connectivity index (χ2n) is 6.57. The Kier molecular flexibility index (Phi) is 5.09. The summed E-state index contributed by atoms with van der Waals surface area (Å²) >= 11 is 0. The number of hydrogen-bond donors (Lipinski definition) is 2. The van der Waals surface area contributed by atoms with E-state index in [1.54, 1.807) is 27.9 Å². The molecule has 0 aliphatic carbocycles. The van der Waals surface area contributed by atoms with Crippen molar-refractivity contribution in [2.75, 3.05) is 31.6 Å². The summed E-state index contributed by atoms with van der Waals surface area (Å²) in [5.41, 5.74) is 6.47. The van der Waals surface area contributed by atoms with Crippen LogP contribution >= 0.6 is 0 Å². The average molecular weight is 398 g/mol. The highest BCUT2D eigenvalue weighted by Crippen LogP contribution is 2.27. The van der Waals surface area contributed by atoms with Crippen LogP contribution in [-0.4, -0.2) is 57.6 Å². The van der Waals surface area contributed by atoms with E-state index in [1.807, 2.05) is 6.07 Å². The maximum absolute atomic E-state index is 13.4. The Hall–Kier alpha value is -3.53. The first-order valence-corrected chi connectivity index (χ1v) is 9.04. The van der Waals surface area contributed by atoms with Crippen molar-refractivity contribution >= 4 is 34.4 Å². The number of morpholine rings is 1. The molecule has 9 nitrogen and oxygen atoms in total. The van der Waals surface area contributed by atoms with Gasteiger partial charge in [0.15, 0.2) is 0 Å². The molecule has 4 rings (SSSR count). The van der Waals surface area contributed by atoms with Gasteiger partial charge < -0.3 is 25.3 Å². The molecule has 3 N–H and O–H groups in total. The summed E-state index contributed by atoms with van der Waals surface area (Å²) < 4.78 is 20.5. The van der Waals surface area contributed by atoms with Crippen LogP contribution in [0.25, 0.3) is 11.0 Å². The second-order valence-corrected chi connectivity index (χ2v) is 6.57. The zero-order valence-corrected chi connectivity index (χ0v) is 15.5. The molecule has 10 heteroatoms. The van der Waals surface area contributed by atoms with E-state index in [9.17, 15) is 14.0 Å². The predicted octanol–water partition coefficient (Wildman–Crippen LogP) is 1.27. The molecule has 0 atom stereocenters. The van der Waals surface area contributed by atoms with Gasteiger partial charge in [-0.3, -0.25) is 9.59 Å². The molecule has 1 aliphatic heterocycles. The van der Waals surface area contributed by atoms with Gasteiger partial charge in [0.2, 0.25) is 5.91 Å². The second kappa shape index (κ2) is 7.84. The van der Waals surface area contributed by atoms with Gasteiger partial charge in [0.1, 0.15) is 23.8 Å². The van der Waals surface area contributed by atoms with Crippen LogP contribution in [0.3, 0.4) is 0 Å². The topological polar surface area (TPSA) is 115 Å². The summed E-state index contributed by atoms with van der Waals surface area (Å²) in [6.07, 6.45) is 4.35. The Balaban J connectivity index is 1.61. The van der Waals surface area contributed by atoms with E-state index in [1.165, 1.54) is 0 Å². The molecule has 1 fully saturated rings. The number of ether oxygens (including phenoxy) is 1. The molecule has 29 heavy (non-hydrogen) atoms. The Labute approximate surface area is 165 Å². The van der Waals surface area contributed by atoms with Crippen molar-refractivity contribution in [3.63, 3.8) is 0 Å². The summed E-state index contributed by atoms with van der Waals surface area (Å²) in [5, 5.41) is 3.74. The number of rotatable bonds is 5. The van der Waals surface area contributed by atoms with Crippen LogP contribution in [0.4, 0.5) is 15.9 Å². The number of nitrogens with zero attached hydrogens (tertiary/aromatic N) is 4. The first kappa shape index (κ1) is 18.8. The molecule has 3 aromatic rings. The highest BCUT2D eigenvalue weighted by Gasteiger charge is 2.19. The minimum Gasteiger partial charge on any atom is -0.378 e. The molecule has 0 aromatic carbocycles. The first-order chi connectivity index (χ1) is 14.0. The number of anilines is 2. The van der Waals surface area contributed by atoms with Crippen LogP contribution in [0.2, 0.25) is 0 Å². The fourth-order valence-electron chi connectivity index (χ4n) is 3.24. The van der Waals surface area contributed by atoms with Gasteiger partial charge in [-0.15, -0.1) is 0 Å². The molecule has 0 saturated carbocycles. The molecule has 3 aromatic heterocycles. The Morgan fingerprint density at radius 2 is 2.03 bits per heavy atom. The van der Waals surface area contributed by atoms with Gasteiger partial charge in [-0.1, -0.05) is 0 Å². The first-order valence-electron chi connectivity index (χ1n) is 9.04. The number of fused-ring (bicyclic) bond motifs is 1. The number of primary amides is 1. The number of carbonyl (C=O) groups is 2. The molecule has 2 amide bonds. The monoisotopic (exact) mass is 398 g/mol. The predicted molar refractivity (Wildman–Crippen MR) is 103 cm³/mol. The van der Waals surface area contributed by atoms with Crippen LogP contribution in [0, 0.1) is 5.82 Å². The fraction of sp³-hybridized carbons (Fsp3) is 0.263. The number of amides is 2. The van der Waals surface area contributed by atoms with Gasteiger partial charge in [-0.2, -0.15) is 0 Å². The van der Waals surface area contributed by atoms with E-state index in [-0.39, 0.29) is 23.8 Å². The number of hydrogen-bond acceptors (Lipinski definition) is 6. The number of aromatic nitrogens is 3. The van der Waals surface area contributed by atoms with E-state index in [0.29, 0.717) is 37.6 Å². The van der Waals surface area contributed by atoms with Gasteiger partial charge in [0.25, 0.3) is 5.91 Å². The van der Waals surface area contributed by atoms with Crippen molar-refractivity contribution in [1.29, 1.82) is 0 Å². The summed E-state index contributed by atoms with van der Waals surface area (Å²) in [6.45, 7) is 2.38. The summed E-state index contributed by atoms with van der Waals surface area (Å²) in [5.74, 6) is -1.32. The van der Waals surface area contributed by atoms with Gasteiger partial charge in [0.05, 0.1) is 30.7 Å². The summed E-state index contributed by atoms with van der Waals surface area (Å²) in [6, 6.07) is 4.54. The lowest BCUT2D eigenvalue weighted by Crippen LogP contribution is -2.42. The Morgan fingerprint density at radius 1 is 1.24 bits per heavy atom. The van der Waals surface area contributed by atoms with E-state index in [0.717, 1.165) is 17.6 Å². The van der Waals surface area contributed by atoms with Crippen LogP contribution < -0.4 is 11.1 Å². The summed E-state index contributed by atoms with van der Waals surface area (Å²) in [7, 11) is 0. The molecule has 1 aliphatic rings. The lowest BCUT2D eigenvalue weighted by atomic mass is 10.2. The minimum absolute atomic E-state index is 0.0119. The molecule has 0 unspecified atom stereocenters. The molecular formula is C19H19FN6O3. The lowest BCUT2D eigenvalue weighted by molar-refractivity contribution is -0.135. The van der Waals surface area contributed by atoms with Crippen molar-refractivity contribution in [2.45, 2.75) is 6.54 Å². The number of nitrogens with one attached hydrogen (secondary N) is 1. The van der Waals surface area contributed by atoms with Crippen LogP contribution in [0.1, 0.15) is 10.4 Å². The maximum atomic E-state index is 13.4. The molecule has 4 heterocycles. The maximum Gasteiger partial charge on any atom is 0.252 e. The third-order valence-electron chi connectivity index (χ3n) is 4.70. The Morgan fingerprint density at radius 3 is 2.79 bits per heavy atom. The van der Waals surface area contributed by atoms with E-state index in [2.05, 4.69) is 15.3 Å². The van der Waals surface area contributed by atoms with Crippen LogP contribution in [-0.2, 0) is 16.1 Å². The van der Waals surface area contributed by atoms with Gasteiger partial charge >= 0.3 is 0 Å². The zero-order chi connectivity index (χ0) is 20.4. The molecule has 150 valence electrons. The third kappa shape index (κ3) is 3.87. The standard InChI is InChI=1S/C19H19FN6O3/c20-12-9-14(17(21)28)18(23-10-12)24-15-1-3-22-19-13(15)2-4-26(19)11-16(27)25-5-7-29-8-6-25/h1-4,9-10H,5-8,11H2,(H2,21,28)(H,22,23,24).